The Kier molecular flexibility index (Phi) is 10.4. The molecular formula is C21H34IN5O3. The Hall–Kier alpha value is -2.04. The first-order chi connectivity index (χ1) is 13.7. The van der Waals surface area contributed by atoms with Crippen molar-refractivity contribution in [3.8, 4) is 0 Å². The lowest BCUT2D eigenvalue weighted by atomic mass is 10.1. The van der Waals surface area contributed by atoms with Gasteiger partial charge >= 0.3 is 6.09 Å². The highest BCUT2D eigenvalue weighted by Crippen LogP contribution is 2.12. The van der Waals surface area contributed by atoms with Gasteiger partial charge in [0, 0.05) is 38.3 Å². The molecule has 0 unspecified atom stereocenters. The van der Waals surface area contributed by atoms with Gasteiger partial charge in [0.05, 0.1) is 6.54 Å². The Bertz CT molecular complexity index is 740. The lowest BCUT2D eigenvalue weighted by molar-refractivity contribution is 0.0186. The number of guanidine groups is 1. The Morgan fingerprint density at radius 3 is 2.40 bits per heavy atom. The largest absolute Gasteiger partial charge is 0.444 e. The summed E-state index contributed by atoms with van der Waals surface area (Å²) in [5, 5.41) is 2.87. The van der Waals surface area contributed by atoms with E-state index < -0.39 is 5.60 Å². The number of amides is 2. The van der Waals surface area contributed by atoms with Gasteiger partial charge in [-0.1, -0.05) is 19.1 Å². The normalized spacial score (nSPS) is 14.7. The van der Waals surface area contributed by atoms with Gasteiger partial charge in [-0.2, -0.15) is 0 Å². The molecule has 1 fully saturated rings. The van der Waals surface area contributed by atoms with Crippen molar-refractivity contribution in [3.63, 3.8) is 0 Å². The summed E-state index contributed by atoms with van der Waals surface area (Å²) in [6.45, 7) is 10.9. The smallest absolute Gasteiger partial charge is 0.410 e. The Balaban J connectivity index is 0.00000450. The molecule has 1 aliphatic heterocycles. The van der Waals surface area contributed by atoms with Crippen LogP contribution in [0.2, 0.25) is 0 Å². The molecular weight excluding hydrogens is 497 g/mol. The molecule has 2 amide bonds. The number of carbonyl (C=O) groups excluding carboxylic acids is 2. The van der Waals surface area contributed by atoms with Crippen molar-refractivity contribution < 1.29 is 14.3 Å². The lowest BCUT2D eigenvalue weighted by Gasteiger charge is -2.36. The molecule has 0 aliphatic carbocycles. The number of hydrogen-bond donors (Lipinski definition) is 2. The molecule has 2 rings (SSSR count). The number of nitrogens with two attached hydrogens (primary N) is 1. The summed E-state index contributed by atoms with van der Waals surface area (Å²) in [7, 11) is 0. The SMILES string of the molecule is CCCNC(=O)c1cccc(CN=C(N)N2CCN(C(=O)OC(C)(C)C)CC2)c1.I. The van der Waals surface area contributed by atoms with Gasteiger partial charge in [0.2, 0.25) is 0 Å². The van der Waals surface area contributed by atoms with Gasteiger partial charge in [-0.15, -0.1) is 24.0 Å². The highest BCUT2D eigenvalue weighted by atomic mass is 127. The van der Waals surface area contributed by atoms with E-state index in [0.717, 1.165) is 12.0 Å². The second-order valence-electron chi connectivity index (χ2n) is 8.09. The molecule has 30 heavy (non-hydrogen) atoms. The van der Waals surface area contributed by atoms with E-state index in [1.54, 1.807) is 11.0 Å². The summed E-state index contributed by atoms with van der Waals surface area (Å²) in [4.78, 5) is 32.3. The third-order valence-electron chi connectivity index (χ3n) is 4.40. The molecule has 0 aromatic heterocycles. The van der Waals surface area contributed by atoms with E-state index in [4.69, 9.17) is 10.5 Å². The van der Waals surface area contributed by atoms with Crippen molar-refractivity contribution in [2.75, 3.05) is 32.7 Å². The van der Waals surface area contributed by atoms with Gasteiger partial charge in [-0.3, -0.25) is 4.79 Å². The first-order valence-electron chi connectivity index (χ1n) is 10.1. The highest BCUT2D eigenvalue weighted by Gasteiger charge is 2.26. The lowest BCUT2D eigenvalue weighted by Crippen LogP contribution is -2.53. The third-order valence-corrected chi connectivity index (χ3v) is 4.40. The van der Waals surface area contributed by atoms with E-state index >= 15 is 0 Å². The van der Waals surface area contributed by atoms with Crippen LogP contribution in [0.25, 0.3) is 0 Å². The standard InChI is InChI=1S/C21H33N5O3.HI/c1-5-9-23-18(27)17-8-6-7-16(14-17)15-24-19(22)25-10-12-26(13-11-25)20(28)29-21(2,3)4;/h6-8,14H,5,9-13,15H2,1-4H3,(H2,22,24)(H,23,27);1H. The maximum absolute atomic E-state index is 12.1. The van der Waals surface area contributed by atoms with Crippen LogP contribution < -0.4 is 11.1 Å². The minimum Gasteiger partial charge on any atom is -0.444 e. The maximum atomic E-state index is 12.1. The number of rotatable bonds is 5. The van der Waals surface area contributed by atoms with Crippen LogP contribution in [0.4, 0.5) is 4.79 Å². The van der Waals surface area contributed by atoms with E-state index in [1.807, 2.05) is 50.8 Å². The first-order valence-corrected chi connectivity index (χ1v) is 10.1. The minimum atomic E-state index is -0.503. The number of piperazine rings is 1. The van der Waals surface area contributed by atoms with Gasteiger partial charge in [0.1, 0.15) is 5.60 Å². The topological polar surface area (TPSA) is 100 Å². The number of aliphatic imine (C=N–C) groups is 1. The average molecular weight is 531 g/mol. The zero-order chi connectivity index (χ0) is 21.4. The van der Waals surface area contributed by atoms with E-state index in [9.17, 15) is 9.59 Å². The van der Waals surface area contributed by atoms with Crippen molar-refractivity contribution in [1.82, 2.24) is 15.1 Å². The van der Waals surface area contributed by atoms with Gasteiger partial charge < -0.3 is 25.6 Å². The summed E-state index contributed by atoms with van der Waals surface area (Å²) in [6, 6.07) is 7.40. The molecule has 0 atom stereocenters. The van der Waals surface area contributed by atoms with E-state index in [2.05, 4.69) is 10.3 Å². The number of halogens is 1. The van der Waals surface area contributed by atoms with Gasteiger partial charge in [-0.25, -0.2) is 9.79 Å². The van der Waals surface area contributed by atoms with E-state index in [-0.39, 0.29) is 36.0 Å². The molecule has 9 heteroatoms. The van der Waals surface area contributed by atoms with Crippen molar-refractivity contribution in [3.05, 3.63) is 35.4 Å². The molecule has 3 N–H and O–H groups in total. The third kappa shape index (κ3) is 8.37. The van der Waals surface area contributed by atoms with Crippen molar-refractivity contribution in [2.24, 2.45) is 10.7 Å². The van der Waals surface area contributed by atoms with Crippen LogP contribution in [0.15, 0.2) is 29.3 Å². The number of benzene rings is 1. The molecule has 1 aromatic rings. The van der Waals surface area contributed by atoms with Crippen molar-refractivity contribution >= 4 is 41.9 Å². The highest BCUT2D eigenvalue weighted by molar-refractivity contribution is 14.0. The minimum absolute atomic E-state index is 0. The predicted molar refractivity (Wildman–Crippen MR) is 129 cm³/mol. The quantitative estimate of drug-likeness (QED) is 0.346. The molecule has 1 aromatic carbocycles. The Morgan fingerprint density at radius 2 is 1.80 bits per heavy atom. The molecule has 168 valence electrons. The zero-order valence-corrected chi connectivity index (χ0v) is 20.6. The van der Waals surface area contributed by atoms with Crippen molar-refractivity contribution in [1.29, 1.82) is 0 Å². The number of nitrogens with zero attached hydrogens (tertiary/aromatic N) is 3. The van der Waals surface area contributed by atoms with Gasteiger partial charge in [0.25, 0.3) is 5.91 Å². The maximum Gasteiger partial charge on any atom is 0.410 e. The van der Waals surface area contributed by atoms with Gasteiger partial charge in [-0.05, 0) is 44.9 Å². The van der Waals surface area contributed by atoms with Crippen molar-refractivity contribution in [2.45, 2.75) is 46.3 Å². The number of nitrogens with one attached hydrogen (secondary N) is 1. The van der Waals surface area contributed by atoms with Crippen LogP contribution in [0.3, 0.4) is 0 Å². The molecule has 1 saturated heterocycles. The first kappa shape index (κ1) is 26.0. The summed E-state index contributed by atoms with van der Waals surface area (Å²) >= 11 is 0. The fourth-order valence-electron chi connectivity index (χ4n) is 2.87. The molecule has 0 spiro atoms. The molecule has 1 aliphatic rings. The fourth-order valence-corrected chi connectivity index (χ4v) is 2.87. The summed E-state index contributed by atoms with van der Waals surface area (Å²) < 4.78 is 5.41. The zero-order valence-electron chi connectivity index (χ0n) is 18.3. The second-order valence-corrected chi connectivity index (χ2v) is 8.09. The fraction of sp³-hybridized carbons (Fsp3) is 0.571. The van der Waals surface area contributed by atoms with Crippen LogP contribution in [0.1, 0.15) is 50.0 Å². The Morgan fingerprint density at radius 1 is 1.17 bits per heavy atom. The number of carbonyl (C=O) groups is 2. The molecule has 8 nitrogen and oxygen atoms in total. The summed E-state index contributed by atoms with van der Waals surface area (Å²) in [5.41, 5.74) is 7.18. The average Bonchev–Trinajstić information content (AvgIpc) is 2.69. The van der Waals surface area contributed by atoms with Crippen LogP contribution in [-0.2, 0) is 11.3 Å². The van der Waals surface area contributed by atoms with E-state index in [1.165, 1.54) is 0 Å². The Labute approximate surface area is 196 Å². The summed E-state index contributed by atoms with van der Waals surface area (Å²) in [5.74, 6) is 0.360. The number of hydrogen-bond acceptors (Lipinski definition) is 4. The molecule has 0 bridgehead atoms. The van der Waals surface area contributed by atoms with Crippen LogP contribution in [0, 0.1) is 0 Å². The van der Waals surface area contributed by atoms with Crippen LogP contribution in [-0.4, -0.2) is 66.1 Å². The van der Waals surface area contributed by atoms with Crippen LogP contribution in [0.5, 0.6) is 0 Å². The molecule has 0 radical (unpaired) electrons. The second kappa shape index (κ2) is 12.0. The van der Waals surface area contributed by atoms with E-state index in [0.29, 0.717) is 50.8 Å². The van der Waals surface area contributed by atoms with Gasteiger partial charge in [0.15, 0.2) is 5.96 Å². The van der Waals surface area contributed by atoms with Crippen LogP contribution >= 0.6 is 24.0 Å². The molecule has 1 heterocycles. The molecule has 0 saturated carbocycles. The number of ether oxygens (including phenoxy) is 1. The summed E-state index contributed by atoms with van der Waals surface area (Å²) in [6.07, 6.45) is 0.596. The monoisotopic (exact) mass is 531 g/mol. The predicted octanol–water partition coefficient (Wildman–Crippen LogP) is 2.81.